The number of rotatable bonds is 2. The minimum Gasteiger partial charge on any atom is -0.366 e. The van der Waals surface area contributed by atoms with Crippen LogP contribution in [-0.4, -0.2) is 15.2 Å². The van der Waals surface area contributed by atoms with Crippen LogP contribution in [0, 0.1) is 11.3 Å². The van der Waals surface area contributed by atoms with E-state index >= 15 is 0 Å². The lowest BCUT2D eigenvalue weighted by Gasteiger charge is -2.08. The third-order valence-electron chi connectivity index (χ3n) is 3.11. The van der Waals surface area contributed by atoms with Gasteiger partial charge in [-0.25, -0.2) is 4.98 Å². The molecular weight excluding hydrogens is 298 g/mol. The van der Waals surface area contributed by atoms with Gasteiger partial charge in [0.15, 0.2) is 0 Å². The van der Waals surface area contributed by atoms with Crippen LogP contribution in [0.2, 0.25) is 5.02 Å². The molecule has 22 heavy (non-hydrogen) atoms. The van der Waals surface area contributed by atoms with Gasteiger partial charge in [0.1, 0.15) is 17.5 Å². The summed E-state index contributed by atoms with van der Waals surface area (Å²) < 4.78 is 0. The van der Waals surface area contributed by atoms with E-state index < -0.39 is 0 Å². The Bertz CT molecular complexity index is 871. The van der Waals surface area contributed by atoms with Crippen molar-refractivity contribution in [3.63, 3.8) is 0 Å². The molecule has 0 bridgehead atoms. The molecule has 2 N–H and O–H groups in total. The third kappa shape index (κ3) is 2.60. The molecular formula is C16H10ClN5. The summed E-state index contributed by atoms with van der Waals surface area (Å²) in [6.07, 6.45) is 0. The molecule has 106 valence electrons. The zero-order chi connectivity index (χ0) is 15.5. The van der Waals surface area contributed by atoms with Crippen LogP contribution < -0.4 is 5.73 Å². The first-order chi connectivity index (χ1) is 10.7. The number of nitrogens with zero attached hydrogens (tertiary/aromatic N) is 4. The molecule has 0 fully saturated rings. The highest BCUT2D eigenvalue weighted by atomic mass is 35.5. The molecule has 0 unspecified atom stereocenters. The Morgan fingerprint density at radius 1 is 0.955 bits per heavy atom. The Balaban J connectivity index is 2.20. The van der Waals surface area contributed by atoms with E-state index in [9.17, 15) is 0 Å². The summed E-state index contributed by atoms with van der Waals surface area (Å²) in [4.78, 5) is 4.29. The zero-order valence-electron chi connectivity index (χ0n) is 11.4. The number of hydrogen-bond donors (Lipinski definition) is 1. The second-order valence-corrected chi connectivity index (χ2v) is 4.95. The summed E-state index contributed by atoms with van der Waals surface area (Å²) in [6, 6.07) is 16.7. The van der Waals surface area contributed by atoms with Gasteiger partial charge in [0, 0.05) is 11.1 Å². The molecule has 0 aliphatic carbocycles. The van der Waals surface area contributed by atoms with Crippen LogP contribution in [0.3, 0.4) is 0 Å². The van der Waals surface area contributed by atoms with Crippen molar-refractivity contribution in [1.82, 2.24) is 15.2 Å². The molecule has 1 aromatic heterocycles. The van der Waals surface area contributed by atoms with E-state index in [4.69, 9.17) is 22.6 Å². The highest BCUT2D eigenvalue weighted by Gasteiger charge is 2.13. The van der Waals surface area contributed by atoms with Crippen molar-refractivity contribution in [2.24, 2.45) is 0 Å². The second kappa shape index (κ2) is 5.80. The zero-order valence-corrected chi connectivity index (χ0v) is 12.1. The van der Waals surface area contributed by atoms with E-state index in [0.29, 0.717) is 22.0 Å². The van der Waals surface area contributed by atoms with Crippen molar-refractivity contribution < 1.29 is 0 Å². The molecule has 0 radical (unpaired) electrons. The lowest BCUT2D eigenvalue weighted by molar-refractivity contribution is 0.997. The molecule has 3 aromatic rings. The van der Waals surface area contributed by atoms with Crippen molar-refractivity contribution in [1.29, 1.82) is 5.26 Å². The van der Waals surface area contributed by atoms with Gasteiger partial charge in [0.2, 0.25) is 5.95 Å². The van der Waals surface area contributed by atoms with E-state index in [-0.39, 0.29) is 5.95 Å². The van der Waals surface area contributed by atoms with Crippen molar-refractivity contribution in [3.8, 4) is 28.6 Å². The molecule has 3 rings (SSSR count). The lowest BCUT2D eigenvalue weighted by Crippen LogP contribution is -2.02. The van der Waals surface area contributed by atoms with Gasteiger partial charge in [0.05, 0.1) is 10.6 Å². The largest absolute Gasteiger partial charge is 0.366 e. The van der Waals surface area contributed by atoms with Crippen LogP contribution >= 0.6 is 11.6 Å². The highest BCUT2D eigenvalue weighted by Crippen LogP contribution is 2.30. The van der Waals surface area contributed by atoms with Gasteiger partial charge >= 0.3 is 0 Å². The monoisotopic (exact) mass is 307 g/mol. The molecule has 1 heterocycles. The van der Waals surface area contributed by atoms with E-state index in [1.165, 1.54) is 0 Å². The van der Waals surface area contributed by atoms with Gasteiger partial charge in [-0.2, -0.15) is 5.26 Å². The number of halogens is 1. The molecule has 0 aliphatic heterocycles. The number of nitrogens with two attached hydrogens (primary N) is 1. The van der Waals surface area contributed by atoms with Crippen molar-refractivity contribution in [2.45, 2.75) is 0 Å². The maximum atomic E-state index is 8.96. The summed E-state index contributed by atoms with van der Waals surface area (Å²) in [6.45, 7) is 0. The third-order valence-corrected chi connectivity index (χ3v) is 3.43. The molecule has 0 amide bonds. The minimum absolute atomic E-state index is 0.0994. The smallest absolute Gasteiger partial charge is 0.240 e. The molecule has 0 saturated carbocycles. The number of anilines is 1. The Hall–Kier alpha value is -2.97. The molecule has 5 nitrogen and oxygen atoms in total. The maximum absolute atomic E-state index is 8.96. The minimum atomic E-state index is 0.0994. The van der Waals surface area contributed by atoms with Gasteiger partial charge < -0.3 is 5.73 Å². The van der Waals surface area contributed by atoms with E-state index in [1.54, 1.807) is 18.2 Å². The summed E-state index contributed by atoms with van der Waals surface area (Å²) in [5.41, 5.74) is 8.85. The predicted molar refractivity (Wildman–Crippen MR) is 84.8 cm³/mol. The van der Waals surface area contributed by atoms with Crippen LogP contribution in [0.25, 0.3) is 22.5 Å². The fourth-order valence-corrected chi connectivity index (χ4v) is 2.31. The van der Waals surface area contributed by atoms with Crippen molar-refractivity contribution in [2.75, 3.05) is 5.73 Å². The number of benzene rings is 2. The van der Waals surface area contributed by atoms with Crippen molar-refractivity contribution >= 4 is 17.5 Å². The topological polar surface area (TPSA) is 88.5 Å². The number of nitriles is 1. The van der Waals surface area contributed by atoms with Gasteiger partial charge in [-0.15, -0.1) is 10.2 Å². The fraction of sp³-hybridized carbons (Fsp3) is 0. The number of aromatic nitrogens is 3. The Kier molecular flexibility index (Phi) is 3.69. The van der Waals surface area contributed by atoms with Gasteiger partial charge in [-0.05, 0) is 12.1 Å². The van der Waals surface area contributed by atoms with Gasteiger partial charge in [-0.3, -0.25) is 0 Å². The average molecular weight is 308 g/mol. The molecule has 6 heteroatoms. The Morgan fingerprint density at radius 2 is 1.73 bits per heavy atom. The van der Waals surface area contributed by atoms with Gasteiger partial charge in [0.25, 0.3) is 0 Å². The van der Waals surface area contributed by atoms with Crippen LogP contribution in [0.15, 0.2) is 48.5 Å². The normalized spacial score (nSPS) is 10.2. The van der Waals surface area contributed by atoms with E-state index in [0.717, 1.165) is 11.1 Å². The average Bonchev–Trinajstić information content (AvgIpc) is 2.55. The highest BCUT2D eigenvalue weighted by molar-refractivity contribution is 6.32. The van der Waals surface area contributed by atoms with Gasteiger partial charge in [-0.1, -0.05) is 48.0 Å². The van der Waals surface area contributed by atoms with E-state index in [1.807, 2.05) is 36.4 Å². The lowest BCUT2D eigenvalue weighted by atomic mass is 10.0. The Morgan fingerprint density at radius 3 is 2.41 bits per heavy atom. The molecule has 0 atom stereocenters. The number of nitrogen functional groups attached to an aromatic ring is 1. The van der Waals surface area contributed by atoms with E-state index in [2.05, 4.69) is 15.2 Å². The van der Waals surface area contributed by atoms with Crippen LogP contribution in [-0.2, 0) is 0 Å². The summed E-state index contributed by atoms with van der Waals surface area (Å²) >= 11 is 6.09. The molecule has 2 aromatic carbocycles. The molecule has 0 saturated heterocycles. The standard InChI is InChI=1S/C16H10ClN5/c17-13-8-11(6-7-12(13)9-18)15-14(20-16(19)22-21-15)10-4-2-1-3-5-10/h1-8H,(H2,19,20,22). The Labute approximate surface area is 132 Å². The second-order valence-electron chi connectivity index (χ2n) is 4.54. The predicted octanol–water partition coefficient (Wildman–Crippen LogP) is 3.31. The molecule has 0 aliphatic rings. The quantitative estimate of drug-likeness (QED) is 0.784. The van der Waals surface area contributed by atoms with Crippen LogP contribution in [0.1, 0.15) is 5.56 Å². The SMILES string of the molecule is N#Cc1ccc(-c2nnc(N)nc2-c2ccccc2)cc1Cl. The summed E-state index contributed by atoms with van der Waals surface area (Å²) in [5.74, 6) is 0.0994. The maximum Gasteiger partial charge on any atom is 0.240 e. The first-order valence-electron chi connectivity index (χ1n) is 6.44. The number of hydrogen-bond acceptors (Lipinski definition) is 5. The fourth-order valence-electron chi connectivity index (χ4n) is 2.08. The summed E-state index contributed by atoms with van der Waals surface area (Å²) in [7, 11) is 0. The first-order valence-corrected chi connectivity index (χ1v) is 6.82. The first kappa shape index (κ1) is 14.0. The van der Waals surface area contributed by atoms with Crippen molar-refractivity contribution in [3.05, 3.63) is 59.1 Å². The summed E-state index contributed by atoms with van der Waals surface area (Å²) in [5, 5.41) is 17.3. The van der Waals surface area contributed by atoms with Crippen LogP contribution in [0.5, 0.6) is 0 Å². The van der Waals surface area contributed by atoms with Crippen LogP contribution in [0.4, 0.5) is 5.95 Å². The molecule has 0 spiro atoms.